The number of fused-ring (bicyclic) bond motifs is 1. The zero-order valence-electron chi connectivity index (χ0n) is 12.0. The monoisotopic (exact) mass is 310 g/mol. The van der Waals surface area contributed by atoms with Gasteiger partial charge in [-0.15, -0.1) is 0 Å². The summed E-state index contributed by atoms with van der Waals surface area (Å²) >= 11 is 0. The Balaban J connectivity index is 2.01. The van der Waals surface area contributed by atoms with E-state index in [-0.39, 0.29) is 23.7 Å². The maximum absolute atomic E-state index is 12.2. The van der Waals surface area contributed by atoms with Gasteiger partial charge in [-0.05, 0) is 24.6 Å². The van der Waals surface area contributed by atoms with E-state index in [1.807, 2.05) is 6.07 Å². The molecule has 2 heterocycles. The Kier molecular flexibility index (Phi) is 3.38. The summed E-state index contributed by atoms with van der Waals surface area (Å²) in [5, 5.41) is 19.8. The second kappa shape index (κ2) is 5.38. The van der Waals surface area contributed by atoms with Gasteiger partial charge in [0.25, 0.3) is 11.2 Å². The number of pyridine rings is 1. The number of nitriles is 1. The van der Waals surface area contributed by atoms with Gasteiger partial charge in [0.2, 0.25) is 5.89 Å². The largest absolute Gasteiger partial charge is 0.439 e. The molecule has 0 atom stereocenters. The lowest BCUT2D eigenvalue weighted by molar-refractivity contribution is -0.384. The molecule has 8 heteroatoms. The van der Waals surface area contributed by atoms with Crippen LogP contribution in [0.2, 0.25) is 0 Å². The molecule has 0 amide bonds. The Morgan fingerprint density at radius 2 is 2.22 bits per heavy atom. The normalized spacial score (nSPS) is 10.6. The summed E-state index contributed by atoms with van der Waals surface area (Å²) in [5.41, 5.74) is 0.889. The number of nitrogens with zero attached hydrogens (tertiary/aromatic N) is 4. The summed E-state index contributed by atoms with van der Waals surface area (Å²) in [6, 6.07) is 7.63. The number of rotatable bonds is 3. The molecular weight excluding hydrogens is 300 g/mol. The molecule has 0 fully saturated rings. The van der Waals surface area contributed by atoms with Crippen molar-refractivity contribution in [3.05, 3.63) is 67.9 Å². The van der Waals surface area contributed by atoms with Gasteiger partial charge in [-0.2, -0.15) is 5.26 Å². The Labute approximate surface area is 129 Å². The molecule has 0 unspecified atom stereocenters. The Hall–Kier alpha value is -3.47. The fourth-order valence-electron chi connectivity index (χ4n) is 2.22. The standard InChI is InChI=1S/C15H10N4O4/c1-9-4-5-18(15(20)11(9)7-16)8-14-17-12-6-10(19(21)22)2-3-13(12)23-14/h2-6H,8H2,1H3. The topological polar surface area (TPSA) is 115 Å². The molecule has 0 radical (unpaired) electrons. The van der Waals surface area contributed by atoms with Crippen LogP contribution >= 0.6 is 0 Å². The minimum Gasteiger partial charge on any atom is -0.439 e. The van der Waals surface area contributed by atoms with Gasteiger partial charge in [0.1, 0.15) is 23.7 Å². The molecule has 0 aliphatic heterocycles. The van der Waals surface area contributed by atoms with E-state index >= 15 is 0 Å². The molecule has 0 N–H and O–H groups in total. The van der Waals surface area contributed by atoms with Crippen LogP contribution in [0.3, 0.4) is 0 Å². The van der Waals surface area contributed by atoms with Crippen LogP contribution in [-0.2, 0) is 6.54 Å². The maximum atomic E-state index is 12.2. The van der Waals surface area contributed by atoms with Gasteiger partial charge in [-0.25, -0.2) is 4.98 Å². The van der Waals surface area contributed by atoms with Crippen LogP contribution in [0, 0.1) is 28.4 Å². The Morgan fingerprint density at radius 1 is 1.43 bits per heavy atom. The lowest BCUT2D eigenvalue weighted by Crippen LogP contribution is -2.23. The predicted molar refractivity (Wildman–Crippen MR) is 79.9 cm³/mol. The summed E-state index contributed by atoms with van der Waals surface area (Å²) in [6.45, 7) is 1.72. The maximum Gasteiger partial charge on any atom is 0.271 e. The highest BCUT2D eigenvalue weighted by Crippen LogP contribution is 2.21. The van der Waals surface area contributed by atoms with Crippen LogP contribution in [0.25, 0.3) is 11.1 Å². The minimum atomic E-state index is -0.516. The van der Waals surface area contributed by atoms with E-state index in [0.29, 0.717) is 16.7 Å². The molecule has 0 saturated heterocycles. The first-order valence-corrected chi connectivity index (χ1v) is 6.63. The van der Waals surface area contributed by atoms with Crippen molar-refractivity contribution in [3.63, 3.8) is 0 Å². The second-order valence-electron chi connectivity index (χ2n) is 4.94. The predicted octanol–water partition coefficient (Wildman–Crippen LogP) is 2.13. The van der Waals surface area contributed by atoms with E-state index < -0.39 is 10.5 Å². The second-order valence-corrected chi connectivity index (χ2v) is 4.94. The summed E-state index contributed by atoms with van der Waals surface area (Å²) in [4.78, 5) is 26.6. The van der Waals surface area contributed by atoms with E-state index in [1.165, 1.54) is 22.8 Å². The molecule has 1 aromatic carbocycles. The molecule has 23 heavy (non-hydrogen) atoms. The number of hydrogen-bond acceptors (Lipinski definition) is 6. The van der Waals surface area contributed by atoms with Gasteiger partial charge in [-0.3, -0.25) is 14.9 Å². The van der Waals surface area contributed by atoms with Crippen LogP contribution in [0.15, 0.2) is 39.7 Å². The molecule has 3 rings (SSSR count). The first-order valence-electron chi connectivity index (χ1n) is 6.63. The number of hydrogen-bond donors (Lipinski definition) is 0. The summed E-state index contributed by atoms with van der Waals surface area (Å²) < 4.78 is 6.80. The average molecular weight is 310 g/mol. The molecular formula is C15H10N4O4. The Morgan fingerprint density at radius 3 is 2.91 bits per heavy atom. The highest BCUT2D eigenvalue weighted by molar-refractivity contribution is 5.75. The highest BCUT2D eigenvalue weighted by atomic mass is 16.6. The van der Waals surface area contributed by atoms with E-state index in [2.05, 4.69) is 4.98 Å². The SMILES string of the molecule is Cc1ccn(Cc2nc3cc([N+](=O)[O-])ccc3o2)c(=O)c1C#N. The number of aryl methyl sites for hydroxylation is 1. The van der Waals surface area contributed by atoms with E-state index in [4.69, 9.17) is 9.68 Å². The summed E-state index contributed by atoms with van der Waals surface area (Å²) in [5.74, 6) is 0.232. The lowest BCUT2D eigenvalue weighted by atomic mass is 10.2. The van der Waals surface area contributed by atoms with Gasteiger partial charge < -0.3 is 8.98 Å². The molecule has 0 bridgehead atoms. The number of oxazole rings is 1. The number of aromatic nitrogens is 2. The van der Waals surface area contributed by atoms with Gasteiger partial charge >= 0.3 is 0 Å². The van der Waals surface area contributed by atoms with Gasteiger partial charge in [0.05, 0.1) is 4.92 Å². The van der Waals surface area contributed by atoms with Crippen molar-refractivity contribution in [2.45, 2.75) is 13.5 Å². The number of nitro benzene ring substituents is 1. The van der Waals surface area contributed by atoms with Crippen LogP contribution in [0.1, 0.15) is 17.0 Å². The molecule has 0 aliphatic rings. The molecule has 0 aliphatic carbocycles. The van der Waals surface area contributed by atoms with Gasteiger partial charge in [-0.1, -0.05) is 0 Å². The lowest BCUT2D eigenvalue weighted by Gasteiger charge is -2.04. The van der Waals surface area contributed by atoms with Gasteiger partial charge in [0.15, 0.2) is 5.58 Å². The number of non-ortho nitro benzene ring substituents is 1. The van der Waals surface area contributed by atoms with Crippen molar-refractivity contribution < 1.29 is 9.34 Å². The van der Waals surface area contributed by atoms with Crippen LogP contribution in [-0.4, -0.2) is 14.5 Å². The molecule has 2 aromatic heterocycles. The van der Waals surface area contributed by atoms with Gasteiger partial charge in [0, 0.05) is 18.3 Å². The van der Waals surface area contributed by atoms with E-state index in [9.17, 15) is 14.9 Å². The van der Waals surface area contributed by atoms with Crippen LogP contribution in [0.4, 0.5) is 5.69 Å². The molecule has 0 saturated carbocycles. The first-order chi connectivity index (χ1) is 11.0. The highest BCUT2D eigenvalue weighted by Gasteiger charge is 2.13. The van der Waals surface area contributed by atoms with Crippen molar-refractivity contribution in [2.24, 2.45) is 0 Å². The van der Waals surface area contributed by atoms with Crippen molar-refractivity contribution in [1.29, 1.82) is 5.26 Å². The quantitative estimate of drug-likeness (QED) is 0.540. The van der Waals surface area contributed by atoms with E-state index in [1.54, 1.807) is 19.2 Å². The number of benzene rings is 1. The third kappa shape index (κ3) is 2.55. The summed E-state index contributed by atoms with van der Waals surface area (Å²) in [7, 11) is 0. The summed E-state index contributed by atoms with van der Waals surface area (Å²) in [6.07, 6.45) is 1.55. The first kappa shape index (κ1) is 14.5. The zero-order chi connectivity index (χ0) is 16.6. The molecule has 0 spiro atoms. The Bertz CT molecular complexity index is 1030. The third-order valence-corrected chi connectivity index (χ3v) is 3.42. The smallest absolute Gasteiger partial charge is 0.271 e. The van der Waals surface area contributed by atoms with E-state index in [0.717, 1.165) is 0 Å². The van der Waals surface area contributed by atoms with Crippen molar-refractivity contribution >= 4 is 16.8 Å². The molecule has 3 aromatic rings. The molecule has 8 nitrogen and oxygen atoms in total. The molecule has 114 valence electrons. The zero-order valence-corrected chi connectivity index (χ0v) is 12.0. The van der Waals surface area contributed by atoms with Crippen molar-refractivity contribution in [1.82, 2.24) is 9.55 Å². The third-order valence-electron chi connectivity index (χ3n) is 3.42. The van der Waals surface area contributed by atoms with Crippen LogP contribution in [0.5, 0.6) is 0 Å². The van der Waals surface area contributed by atoms with Crippen molar-refractivity contribution in [3.8, 4) is 6.07 Å². The fourth-order valence-corrected chi connectivity index (χ4v) is 2.22. The fraction of sp³-hybridized carbons (Fsp3) is 0.133. The number of nitro groups is 1. The average Bonchev–Trinajstić information content (AvgIpc) is 2.92. The van der Waals surface area contributed by atoms with Crippen molar-refractivity contribution in [2.75, 3.05) is 0 Å². The minimum absolute atomic E-state index is 0.0380. The van der Waals surface area contributed by atoms with Crippen LogP contribution < -0.4 is 5.56 Å².